The van der Waals surface area contributed by atoms with E-state index in [1.807, 2.05) is 0 Å². The number of hydrogen-bond acceptors (Lipinski definition) is 7. The minimum absolute atomic E-state index is 0.244. The van der Waals surface area contributed by atoms with Gasteiger partial charge in [0, 0.05) is 18.7 Å². The zero-order valence-corrected chi connectivity index (χ0v) is 18.3. The van der Waals surface area contributed by atoms with Crippen LogP contribution in [-0.2, 0) is 11.8 Å². The molecule has 0 atom stereocenters. The number of anilines is 2. The van der Waals surface area contributed by atoms with Gasteiger partial charge in [0.2, 0.25) is 0 Å². The number of halogens is 2. The van der Waals surface area contributed by atoms with Gasteiger partial charge >= 0.3 is 5.97 Å². The predicted molar refractivity (Wildman–Crippen MR) is 117 cm³/mol. The molecule has 0 aliphatic heterocycles. The van der Waals surface area contributed by atoms with Crippen LogP contribution in [0.3, 0.4) is 0 Å². The first-order chi connectivity index (χ1) is 15.4. The summed E-state index contributed by atoms with van der Waals surface area (Å²) in [7, 11) is 1.74. The zero-order valence-electron chi connectivity index (χ0n) is 17.5. The standard InChI is InChI=1S/C21H19ClFN7O2/c1-4-32-21(31)15-9-12(2)27-30(15)17-10-16(24-11-25-17)26-20-18(22)19(29(3)28-20)13-5-7-14(23)8-6-13/h5-11H,4H2,1-3H3,(H,24,25,26,28). The van der Waals surface area contributed by atoms with E-state index < -0.39 is 5.97 Å². The number of nitrogens with one attached hydrogen (secondary N) is 1. The van der Waals surface area contributed by atoms with Gasteiger partial charge in [-0.2, -0.15) is 10.2 Å². The molecule has 4 rings (SSSR count). The molecular weight excluding hydrogens is 437 g/mol. The van der Waals surface area contributed by atoms with Gasteiger partial charge in [-0.3, -0.25) is 4.68 Å². The zero-order chi connectivity index (χ0) is 22.8. The van der Waals surface area contributed by atoms with Gasteiger partial charge in [0.05, 0.1) is 18.0 Å². The molecular formula is C21H19ClFN7O2. The van der Waals surface area contributed by atoms with Crippen LogP contribution in [0.25, 0.3) is 17.1 Å². The molecule has 1 aromatic carbocycles. The molecule has 11 heteroatoms. The highest BCUT2D eigenvalue weighted by atomic mass is 35.5. The van der Waals surface area contributed by atoms with Gasteiger partial charge in [0.15, 0.2) is 17.3 Å². The number of carbonyl (C=O) groups is 1. The van der Waals surface area contributed by atoms with Crippen LogP contribution in [-0.4, -0.2) is 42.1 Å². The van der Waals surface area contributed by atoms with Crippen molar-refractivity contribution in [1.82, 2.24) is 29.5 Å². The van der Waals surface area contributed by atoms with Crippen molar-refractivity contribution in [2.75, 3.05) is 11.9 Å². The summed E-state index contributed by atoms with van der Waals surface area (Å²) < 4.78 is 21.4. The third-order valence-electron chi connectivity index (χ3n) is 4.54. The number of rotatable bonds is 6. The lowest BCUT2D eigenvalue weighted by atomic mass is 10.1. The first-order valence-corrected chi connectivity index (χ1v) is 10.1. The smallest absolute Gasteiger partial charge is 0.357 e. The van der Waals surface area contributed by atoms with E-state index in [-0.39, 0.29) is 18.1 Å². The Morgan fingerprint density at radius 2 is 1.94 bits per heavy atom. The minimum Gasteiger partial charge on any atom is -0.461 e. The molecule has 0 aliphatic carbocycles. The van der Waals surface area contributed by atoms with E-state index >= 15 is 0 Å². The second kappa shape index (κ2) is 8.75. The van der Waals surface area contributed by atoms with Gasteiger partial charge in [0.1, 0.15) is 23.0 Å². The highest BCUT2D eigenvalue weighted by molar-refractivity contribution is 6.35. The number of nitrogens with zero attached hydrogens (tertiary/aromatic N) is 6. The molecule has 0 aliphatic rings. The van der Waals surface area contributed by atoms with Crippen molar-refractivity contribution in [3.8, 4) is 17.1 Å². The van der Waals surface area contributed by atoms with Gasteiger partial charge < -0.3 is 10.1 Å². The number of esters is 1. The van der Waals surface area contributed by atoms with E-state index in [0.717, 1.165) is 0 Å². The average Bonchev–Trinajstić information content (AvgIpc) is 3.29. The summed E-state index contributed by atoms with van der Waals surface area (Å²) in [6.45, 7) is 3.74. The maximum atomic E-state index is 13.3. The van der Waals surface area contributed by atoms with Gasteiger partial charge in [0.25, 0.3) is 0 Å². The lowest BCUT2D eigenvalue weighted by Gasteiger charge is -2.08. The van der Waals surface area contributed by atoms with Crippen LogP contribution in [0.4, 0.5) is 16.0 Å². The Kier molecular flexibility index (Phi) is 5.87. The Labute approximate surface area is 187 Å². The highest BCUT2D eigenvalue weighted by Gasteiger charge is 2.19. The molecule has 0 fully saturated rings. The largest absolute Gasteiger partial charge is 0.461 e. The first-order valence-electron chi connectivity index (χ1n) is 9.69. The summed E-state index contributed by atoms with van der Waals surface area (Å²) in [5.41, 5.74) is 2.23. The molecule has 3 aromatic heterocycles. The van der Waals surface area contributed by atoms with E-state index in [1.54, 1.807) is 49.8 Å². The molecule has 0 radical (unpaired) electrons. The van der Waals surface area contributed by atoms with E-state index in [0.29, 0.717) is 39.4 Å². The van der Waals surface area contributed by atoms with Gasteiger partial charge in [-0.15, -0.1) is 0 Å². The number of aromatic nitrogens is 6. The molecule has 0 saturated carbocycles. The molecule has 0 spiro atoms. The van der Waals surface area contributed by atoms with Crippen LogP contribution in [0.1, 0.15) is 23.1 Å². The van der Waals surface area contributed by atoms with Crippen LogP contribution in [0.15, 0.2) is 42.7 Å². The Balaban J connectivity index is 1.66. The van der Waals surface area contributed by atoms with Crippen LogP contribution < -0.4 is 5.32 Å². The first kappa shape index (κ1) is 21.4. The Bertz CT molecular complexity index is 1280. The van der Waals surface area contributed by atoms with Crippen molar-refractivity contribution in [3.63, 3.8) is 0 Å². The monoisotopic (exact) mass is 455 g/mol. The lowest BCUT2D eigenvalue weighted by molar-refractivity contribution is 0.0515. The highest BCUT2D eigenvalue weighted by Crippen LogP contribution is 2.34. The van der Waals surface area contributed by atoms with E-state index in [9.17, 15) is 9.18 Å². The number of carbonyl (C=O) groups excluding carboxylic acids is 1. The number of benzene rings is 1. The molecule has 4 aromatic rings. The molecule has 0 amide bonds. The maximum absolute atomic E-state index is 13.3. The Hall–Kier alpha value is -3.79. The van der Waals surface area contributed by atoms with E-state index in [2.05, 4.69) is 25.5 Å². The lowest BCUT2D eigenvalue weighted by Crippen LogP contribution is -2.13. The van der Waals surface area contributed by atoms with Crippen molar-refractivity contribution in [2.24, 2.45) is 7.05 Å². The van der Waals surface area contributed by atoms with Crippen molar-refractivity contribution in [2.45, 2.75) is 13.8 Å². The molecule has 0 bridgehead atoms. The molecule has 164 valence electrons. The number of ether oxygens (including phenoxy) is 1. The van der Waals surface area contributed by atoms with Crippen LogP contribution in [0, 0.1) is 12.7 Å². The molecule has 9 nitrogen and oxygen atoms in total. The molecule has 3 heterocycles. The van der Waals surface area contributed by atoms with Crippen molar-refractivity contribution < 1.29 is 13.9 Å². The van der Waals surface area contributed by atoms with E-state index in [4.69, 9.17) is 16.3 Å². The SMILES string of the molecule is CCOC(=O)c1cc(C)nn1-c1cc(Nc2nn(C)c(-c3ccc(F)cc3)c2Cl)ncn1. The maximum Gasteiger partial charge on any atom is 0.357 e. The van der Waals surface area contributed by atoms with Gasteiger partial charge in [-0.25, -0.2) is 23.8 Å². The third-order valence-corrected chi connectivity index (χ3v) is 4.90. The number of aryl methyl sites for hydroxylation is 2. The molecule has 0 unspecified atom stereocenters. The van der Waals surface area contributed by atoms with Crippen LogP contribution >= 0.6 is 11.6 Å². The molecule has 0 saturated heterocycles. The van der Waals surface area contributed by atoms with Gasteiger partial charge in [-0.1, -0.05) is 11.6 Å². The fraction of sp³-hybridized carbons (Fsp3) is 0.190. The fourth-order valence-electron chi connectivity index (χ4n) is 3.18. The minimum atomic E-state index is -0.502. The summed E-state index contributed by atoms with van der Waals surface area (Å²) in [6, 6.07) is 9.20. The van der Waals surface area contributed by atoms with Crippen molar-refractivity contribution >= 4 is 29.2 Å². The summed E-state index contributed by atoms with van der Waals surface area (Å²) >= 11 is 6.55. The normalized spacial score (nSPS) is 10.9. The quantitative estimate of drug-likeness (QED) is 0.437. The fourth-order valence-corrected chi connectivity index (χ4v) is 3.49. The topological polar surface area (TPSA) is 99.8 Å². The second-order valence-electron chi connectivity index (χ2n) is 6.83. The van der Waals surface area contributed by atoms with Crippen molar-refractivity contribution in [1.29, 1.82) is 0 Å². The summed E-state index contributed by atoms with van der Waals surface area (Å²) in [5.74, 6) is 0.279. The Morgan fingerprint density at radius 1 is 1.19 bits per heavy atom. The summed E-state index contributed by atoms with van der Waals surface area (Å²) in [4.78, 5) is 20.7. The number of hydrogen-bond donors (Lipinski definition) is 1. The summed E-state index contributed by atoms with van der Waals surface area (Å²) in [6.07, 6.45) is 1.33. The predicted octanol–water partition coefficient (Wildman–Crippen LogP) is 4.08. The molecule has 1 N–H and O–H groups in total. The molecule has 32 heavy (non-hydrogen) atoms. The average molecular weight is 456 g/mol. The second-order valence-corrected chi connectivity index (χ2v) is 7.21. The van der Waals surface area contributed by atoms with Crippen molar-refractivity contribution in [3.05, 3.63) is 65.0 Å². The van der Waals surface area contributed by atoms with Crippen LogP contribution in [0.5, 0.6) is 0 Å². The van der Waals surface area contributed by atoms with Crippen LogP contribution in [0.2, 0.25) is 5.02 Å². The Morgan fingerprint density at radius 3 is 2.66 bits per heavy atom. The summed E-state index contributed by atoms with van der Waals surface area (Å²) in [5, 5.41) is 12.1. The van der Waals surface area contributed by atoms with Gasteiger partial charge in [-0.05, 0) is 44.2 Å². The third kappa shape index (κ3) is 4.17. The van der Waals surface area contributed by atoms with E-state index in [1.165, 1.54) is 23.1 Å².